The number of carbonyl (C=O) groups is 1. The minimum Gasteiger partial charge on any atom is -0.497 e. The molecule has 1 atom stereocenters. The molecule has 1 aromatic carbocycles. The van der Waals surface area contributed by atoms with E-state index in [9.17, 15) is 4.79 Å². The molecule has 1 saturated heterocycles. The van der Waals surface area contributed by atoms with Crippen molar-refractivity contribution in [3.8, 4) is 11.5 Å². The first-order chi connectivity index (χ1) is 11.6. The van der Waals surface area contributed by atoms with Gasteiger partial charge in [0.1, 0.15) is 17.3 Å². The summed E-state index contributed by atoms with van der Waals surface area (Å²) in [6.07, 6.45) is 4.96. The molecular weight excluding hydrogens is 306 g/mol. The van der Waals surface area contributed by atoms with Crippen LogP contribution in [-0.4, -0.2) is 41.2 Å². The van der Waals surface area contributed by atoms with Gasteiger partial charge in [-0.15, -0.1) is 0 Å². The molecule has 0 amide bonds. The van der Waals surface area contributed by atoms with Crippen molar-refractivity contribution < 1.29 is 14.3 Å². The maximum Gasteiger partial charge on any atom is 0.136 e. The van der Waals surface area contributed by atoms with Crippen LogP contribution in [0.15, 0.2) is 30.6 Å². The molecule has 1 unspecified atom stereocenters. The van der Waals surface area contributed by atoms with Gasteiger partial charge in [-0.25, -0.2) is 0 Å². The number of ether oxygens (including phenoxy) is 2. The van der Waals surface area contributed by atoms with E-state index < -0.39 is 0 Å². The highest BCUT2D eigenvalue weighted by Gasteiger charge is 2.29. The smallest absolute Gasteiger partial charge is 0.136 e. The molecule has 1 aliphatic heterocycles. The SMILES string of the molecule is COc1ccc(CN2CCC(=O)CC2c2cnn(C)c2)c(OC)c1. The zero-order valence-corrected chi connectivity index (χ0v) is 14.4. The van der Waals surface area contributed by atoms with Gasteiger partial charge in [0, 0.05) is 62.4 Å². The molecule has 0 radical (unpaired) electrons. The van der Waals surface area contributed by atoms with Crippen LogP contribution >= 0.6 is 0 Å². The fourth-order valence-electron chi connectivity index (χ4n) is 3.20. The van der Waals surface area contributed by atoms with Crippen molar-refractivity contribution >= 4 is 5.78 Å². The van der Waals surface area contributed by atoms with Gasteiger partial charge in [0.05, 0.1) is 20.4 Å². The van der Waals surface area contributed by atoms with Gasteiger partial charge in [-0.1, -0.05) is 6.07 Å². The van der Waals surface area contributed by atoms with E-state index in [0.717, 1.165) is 35.7 Å². The molecule has 0 saturated carbocycles. The van der Waals surface area contributed by atoms with Crippen molar-refractivity contribution in [3.05, 3.63) is 41.7 Å². The second-order valence-electron chi connectivity index (χ2n) is 6.10. The highest BCUT2D eigenvalue weighted by atomic mass is 16.5. The molecule has 0 N–H and O–H groups in total. The van der Waals surface area contributed by atoms with E-state index in [1.165, 1.54) is 0 Å². The first kappa shape index (κ1) is 16.5. The monoisotopic (exact) mass is 329 g/mol. The van der Waals surface area contributed by atoms with Crippen LogP contribution in [-0.2, 0) is 18.4 Å². The number of nitrogens with zero attached hydrogens (tertiary/aromatic N) is 3. The minimum absolute atomic E-state index is 0.0618. The Kier molecular flexibility index (Phi) is 4.85. The maximum absolute atomic E-state index is 12.0. The van der Waals surface area contributed by atoms with Crippen LogP contribution in [0.5, 0.6) is 11.5 Å². The molecule has 6 heteroatoms. The Labute approximate surface area is 142 Å². The van der Waals surface area contributed by atoms with Gasteiger partial charge in [0.2, 0.25) is 0 Å². The summed E-state index contributed by atoms with van der Waals surface area (Å²) in [5.41, 5.74) is 2.17. The molecular formula is C18H23N3O3. The number of benzene rings is 1. The van der Waals surface area contributed by atoms with Crippen molar-refractivity contribution in [1.82, 2.24) is 14.7 Å². The largest absolute Gasteiger partial charge is 0.497 e. The van der Waals surface area contributed by atoms with Crippen molar-refractivity contribution in [2.24, 2.45) is 7.05 Å². The number of ketones is 1. The molecule has 24 heavy (non-hydrogen) atoms. The Hall–Kier alpha value is -2.34. The van der Waals surface area contributed by atoms with E-state index in [1.807, 2.05) is 37.6 Å². The molecule has 1 aliphatic rings. The summed E-state index contributed by atoms with van der Waals surface area (Å²) in [7, 11) is 5.20. The zero-order chi connectivity index (χ0) is 17.1. The summed E-state index contributed by atoms with van der Waals surface area (Å²) in [5.74, 6) is 1.88. The van der Waals surface area contributed by atoms with Crippen molar-refractivity contribution in [1.29, 1.82) is 0 Å². The van der Waals surface area contributed by atoms with Crippen LogP contribution in [0.1, 0.15) is 30.0 Å². The van der Waals surface area contributed by atoms with Crippen molar-refractivity contribution in [2.45, 2.75) is 25.4 Å². The number of aryl methyl sites for hydroxylation is 1. The lowest BCUT2D eigenvalue weighted by molar-refractivity contribution is -0.123. The lowest BCUT2D eigenvalue weighted by Gasteiger charge is -2.34. The standard InChI is InChI=1S/C18H23N3O3/c1-20-11-14(10-19-20)17-8-15(22)6-7-21(17)12-13-4-5-16(23-2)9-18(13)24-3/h4-5,9-11,17H,6-8,12H2,1-3H3. The van der Waals surface area contributed by atoms with E-state index in [1.54, 1.807) is 18.9 Å². The first-order valence-electron chi connectivity index (χ1n) is 8.06. The van der Waals surface area contributed by atoms with E-state index in [4.69, 9.17) is 9.47 Å². The fraction of sp³-hybridized carbons (Fsp3) is 0.444. The summed E-state index contributed by atoms with van der Waals surface area (Å²) in [4.78, 5) is 14.3. The molecule has 2 aromatic rings. The van der Waals surface area contributed by atoms with E-state index in [0.29, 0.717) is 18.6 Å². The van der Waals surface area contributed by atoms with Gasteiger partial charge in [0.15, 0.2) is 0 Å². The minimum atomic E-state index is 0.0618. The fourth-order valence-corrected chi connectivity index (χ4v) is 3.20. The topological polar surface area (TPSA) is 56.6 Å². The molecule has 128 valence electrons. The molecule has 0 spiro atoms. The highest BCUT2D eigenvalue weighted by Crippen LogP contribution is 2.33. The van der Waals surface area contributed by atoms with Crippen LogP contribution < -0.4 is 9.47 Å². The predicted octanol–water partition coefficient (Wildman–Crippen LogP) is 2.34. The molecule has 3 rings (SSSR count). The number of hydrogen-bond acceptors (Lipinski definition) is 5. The average molecular weight is 329 g/mol. The molecule has 0 aliphatic carbocycles. The van der Waals surface area contributed by atoms with Crippen molar-refractivity contribution in [2.75, 3.05) is 20.8 Å². The number of methoxy groups -OCH3 is 2. The summed E-state index contributed by atoms with van der Waals surface area (Å²) in [6.45, 7) is 1.47. The van der Waals surface area contributed by atoms with Gasteiger partial charge >= 0.3 is 0 Å². The van der Waals surface area contributed by atoms with E-state index in [2.05, 4.69) is 10.00 Å². The Morgan fingerprint density at radius 3 is 2.79 bits per heavy atom. The zero-order valence-electron chi connectivity index (χ0n) is 14.4. The second kappa shape index (κ2) is 7.05. The Morgan fingerprint density at radius 2 is 2.12 bits per heavy atom. The molecule has 2 heterocycles. The van der Waals surface area contributed by atoms with E-state index >= 15 is 0 Å². The van der Waals surface area contributed by atoms with Crippen LogP contribution in [0.4, 0.5) is 0 Å². The van der Waals surface area contributed by atoms with Gasteiger partial charge in [-0.3, -0.25) is 14.4 Å². The molecule has 1 aromatic heterocycles. The number of carbonyl (C=O) groups excluding carboxylic acids is 1. The van der Waals surface area contributed by atoms with Gasteiger partial charge in [-0.2, -0.15) is 5.10 Å². The Bertz CT molecular complexity index is 726. The number of likely N-dealkylation sites (tertiary alicyclic amines) is 1. The Morgan fingerprint density at radius 1 is 1.29 bits per heavy atom. The Balaban J connectivity index is 1.85. The third-order valence-electron chi connectivity index (χ3n) is 4.52. The number of rotatable bonds is 5. The first-order valence-corrected chi connectivity index (χ1v) is 8.06. The van der Waals surface area contributed by atoms with Gasteiger partial charge < -0.3 is 9.47 Å². The normalized spacial score (nSPS) is 18.6. The second-order valence-corrected chi connectivity index (χ2v) is 6.10. The number of hydrogen-bond donors (Lipinski definition) is 0. The summed E-state index contributed by atoms with van der Waals surface area (Å²) in [5, 5.41) is 4.25. The highest BCUT2D eigenvalue weighted by molar-refractivity contribution is 5.80. The number of piperidine rings is 1. The molecule has 0 bridgehead atoms. The van der Waals surface area contributed by atoms with Gasteiger partial charge in [0.25, 0.3) is 0 Å². The molecule has 6 nitrogen and oxygen atoms in total. The molecule has 1 fully saturated rings. The van der Waals surface area contributed by atoms with Crippen LogP contribution in [0.2, 0.25) is 0 Å². The van der Waals surface area contributed by atoms with Crippen molar-refractivity contribution in [3.63, 3.8) is 0 Å². The maximum atomic E-state index is 12.0. The van der Waals surface area contributed by atoms with E-state index in [-0.39, 0.29) is 6.04 Å². The van der Waals surface area contributed by atoms with Crippen LogP contribution in [0, 0.1) is 0 Å². The third kappa shape index (κ3) is 3.43. The van der Waals surface area contributed by atoms with Gasteiger partial charge in [-0.05, 0) is 6.07 Å². The quantitative estimate of drug-likeness (QED) is 0.843. The lowest BCUT2D eigenvalue weighted by atomic mass is 9.95. The summed E-state index contributed by atoms with van der Waals surface area (Å²) in [6, 6.07) is 5.91. The van der Waals surface area contributed by atoms with Crippen LogP contribution in [0.3, 0.4) is 0 Å². The van der Waals surface area contributed by atoms with Crippen LogP contribution in [0.25, 0.3) is 0 Å². The third-order valence-corrected chi connectivity index (χ3v) is 4.52. The number of aromatic nitrogens is 2. The average Bonchev–Trinajstić information content (AvgIpc) is 3.03. The summed E-state index contributed by atoms with van der Waals surface area (Å²) >= 11 is 0. The summed E-state index contributed by atoms with van der Waals surface area (Å²) < 4.78 is 12.5. The lowest BCUT2D eigenvalue weighted by Crippen LogP contribution is -2.36. The predicted molar refractivity (Wildman–Crippen MR) is 90.1 cm³/mol. The number of Topliss-reactive ketones (excluding diaryl/α,β-unsaturated/α-hetero) is 1.